The highest BCUT2D eigenvalue weighted by Gasteiger charge is 2.40. The molecule has 1 aliphatic heterocycles. The smallest absolute Gasteiger partial charge is 0.387 e. The summed E-state index contributed by atoms with van der Waals surface area (Å²) in [4.78, 5) is 4.45. The molecule has 2 aromatic rings. The van der Waals surface area contributed by atoms with Gasteiger partial charge in [0.2, 0.25) is 0 Å². The SMILES string of the molecule is NC1=N[C@@](c2ccc(OC(F)F)cc2)(c2cccc(Br)c2)CO1. The molecule has 1 aliphatic rings. The van der Waals surface area contributed by atoms with E-state index in [1.807, 2.05) is 24.3 Å². The van der Waals surface area contributed by atoms with Gasteiger partial charge in [0, 0.05) is 4.47 Å². The van der Waals surface area contributed by atoms with Gasteiger partial charge in [-0.25, -0.2) is 4.99 Å². The van der Waals surface area contributed by atoms with Crippen molar-refractivity contribution in [3.8, 4) is 5.75 Å². The number of amidine groups is 1. The van der Waals surface area contributed by atoms with Gasteiger partial charge in [-0.15, -0.1) is 0 Å². The zero-order chi connectivity index (χ0) is 16.4. The van der Waals surface area contributed by atoms with E-state index in [1.165, 1.54) is 12.1 Å². The van der Waals surface area contributed by atoms with Crippen LogP contribution in [0.25, 0.3) is 0 Å². The summed E-state index contributed by atoms with van der Waals surface area (Å²) in [6.07, 6.45) is 0. The first-order chi connectivity index (χ1) is 11.0. The van der Waals surface area contributed by atoms with Gasteiger partial charge in [-0.05, 0) is 35.4 Å². The van der Waals surface area contributed by atoms with Crippen LogP contribution in [0.4, 0.5) is 8.78 Å². The molecular formula is C16H13BrF2N2O2. The number of hydrogen-bond acceptors (Lipinski definition) is 4. The van der Waals surface area contributed by atoms with Crippen LogP contribution in [-0.2, 0) is 10.3 Å². The Bertz CT molecular complexity index is 737. The number of alkyl halides is 2. The van der Waals surface area contributed by atoms with Gasteiger partial charge < -0.3 is 15.2 Å². The van der Waals surface area contributed by atoms with Crippen molar-refractivity contribution in [2.75, 3.05) is 6.61 Å². The van der Waals surface area contributed by atoms with Crippen LogP contribution in [0, 0.1) is 0 Å². The topological polar surface area (TPSA) is 56.8 Å². The molecule has 0 radical (unpaired) electrons. The van der Waals surface area contributed by atoms with Crippen molar-refractivity contribution in [2.24, 2.45) is 10.7 Å². The van der Waals surface area contributed by atoms with Crippen molar-refractivity contribution >= 4 is 22.0 Å². The predicted molar refractivity (Wildman–Crippen MR) is 85.6 cm³/mol. The highest BCUT2D eigenvalue weighted by Crippen LogP contribution is 2.39. The van der Waals surface area contributed by atoms with Crippen molar-refractivity contribution in [3.05, 3.63) is 64.1 Å². The molecular weight excluding hydrogens is 370 g/mol. The van der Waals surface area contributed by atoms with Gasteiger partial charge in [0.15, 0.2) is 5.54 Å². The molecule has 23 heavy (non-hydrogen) atoms. The van der Waals surface area contributed by atoms with E-state index in [1.54, 1.807) is 12.1 Å². The maximum atomic E-state index is 12.3. The van der Waals surface area contributed by atoms with Crippen LogP contribution in [-0.4, -0.2) is 19.2 Å². The quantitative estimate of drug-likeness (QED) is 0.877. The fourth-order valence-electron chi connectivity index (χ4n) is 2.55. The summed E-state index contributed by atoms with van der Waals surface area (Å²) < 4.78 is 35.2. The van der Waals surface area contributed by atoms with Gasteiger partial charge in [0.25, 0.3) is 6.02 Å². The Labute approximate surface area is 140 Å². The molecule has 0 saturated heterocycles. The Morgan fingerprint density at radius 3 is 2.48 bits per heavy atom. The number of hydrogen-bond donors (Lipinski definition) is 1. The van der Waals surface area contributed by atoms with Crippen LogP contribution in [0.3, 0.4) is 0 Å². The van der Waals surface area contributed by atoms with Gasteiger partial charge in [-0.2, -0.15) is 8.78 Å². The van der Waals surface area contributed by atoms with E-state index < -0.39 is 12.2 Å². The van der Waals surface area contributed by atoms with Crippen LogP contribution in [0.2, 0.25) is 0 Å². The first kappa shape index (κ1) is 15.7. The van der Waals surface area contributed by atoms with Crippen LogP contribution < -0.4 is 10.5 Å². The zero-order valence-corrected chi connectivity index (χ0v) is 13.5. The Hall–Kier alpha value is -2.15. The minimum absolute atomic E-state index is 0.0870. The molecule has 0 bridgehead atoms. The predicted octanol–water partition coefficient (Wildman–Crippen LogP) is 3.64. The van der Waals surface area contributed by atoms with Crippen molar-refractivity contribution in [1.29, 1.82) is 0 Å². The van der Waals surface area contributed by atoms with Crippen LogP contribution in [0.1, 0.15) is 11.1 Å². The van der Waals surface area contributed by atoms with Crippen molar-refractivity contribution in [1.82, 2.24) is 0 Å². The van der Waals surface area contributed by atoms with Crippen molar-refractivity contribution in [3.63, 3.8) is 0 Å². The van der Waals surface area contributed by atoms with E-state index in [9.17, 15) is 8.78 Å². The maximum absolute atomic E-state index is 12.3. The van der Waals surface area contributed by atoms with E-state index in [0.29, 0.717) is 0 Å². The number of ether oxygens (including phenoxy) is 2. The summed E-state index contributed by atoms with van der Waals surface area (Å²) in [6, 6.07) is 14.1. The molecule has 0 fully saturated rings. The van der Waals surface area contributed by atoms with Crippen molar-refractivity contribution in [2.45, 2.75) is 12.2 Å². The summed E-state index contributed by atoms with van der Waals surface area (Å²) in [5.41, 5.74) is 6.56. The Morgan fingerprint density at radius 1 is 1.17 bits per heavy atom. The van der Waals surface area contributed by atoms with E-state index in [4.69, 9.17) is 10.5 Å². The minimum atomic E-state index is -2.86. The highest BCUT2D eigenvalue weighted by molar-refractivity contribution is 9.10. The average Bonchev–Trinajstić information content (AvgIpc) is 2.91. The van der Waals surface area contributed by atoms with Crippen LogP contribution >= 0.6 is 15.9 Å². The van der Waals surface area contributed by atoms with E-state index in [2.05, 4.69) is 25.7 Å². The number of halogens is 3. The number of nitrogens with zero attached hydrogens (tertiary/aromatic N) is 1. The second kappa shape index (κ2) is 6.16. The Morgan fingerprint density at radius 2 is 1.91 bits per heavy atom. The van der Waals surface area contributed by atoms with Crippen molar-refractivity contribution < 1.29 is 18.3 Å². The normalized spacial score (nSPS) is 20.3. The van der Waals surface area contributed by atoms with Gasteiger partial charge in [-0.1, -0.05) is 40.2 Å². The summed E-state index contributed by atoms with van der Waals surface area (Å²) >= 11 is 3.44. The molecule has 2 N–H and O–H groups in total. The standard InChI is InChI=1S/C16H13BrF2N2O2/c17-12-3-1-2-11(8-12)16(9-22-15(20)21-16)10-4-6-13(7-5-10)23-14(18)19/h1-8,14H,9H2,(H2,20,21)/t16-/m0/s1. The molecule has 1 atom stereocenters. The number of rotatable bonds is 4. The first-order valence-electron chi connectivity index (χ1n) is 6.79. The molecule has 0 amide bonds. The molecule has 0 spiro atoms. The van der Waals surface area contributed by atoms with Crippen LogP contribution in [0.15, 0.2) is 58.0 Å². The summed E-state index contributed by atoms with van der Waals surface area (Å²) in [5, 5.41) is 0. The van der Waals surface area contributed by atoms with Gasteiger partial charge >= 0.3 is 6.61 Å². The molecule has 0 aliphatic carbocycles. The Balaban J connectivity index is 2.04. The summed E-state index contributed by atoms with van der Waals surface area (Å²) in [6.45, 7) is -2.62. The molecule has 2 aromatic carbocycles. The van der Waals surface area contributed by atoms with Crippen LogP contribution in [0.5, 0.6) is 5.75 Å². The molecule has 4 nitrogen and oxygen atoms in total. The number of aliphatic imine (C=N–C) groups is 1. The lowest BCUT2D eigenvalue weighted by Gasteiger charge is -2.25. The van der Waals surface area contributed by atoms with E-state index >= 15 is 0 Å². The molecule has 7 heteroatoms. The van der Waals surface area contributed by atoms with Gasteiger partial charge in [0.1, 0.15) is 12.4 Å². The minimum Gasteiger partial charge on any atom is -0.462 e. The molecule has 3 rings (SSSR count). The third-order valence-electron chi connectivity index (χ3n) is 3.59. The fraction of sp³-hybridized carbons (Fsp3) is 0.188. The summed E-state index contributed by atoms with van der Waals surface area (Å²) in [5.74, 6) is 0.0870. The second-order valence-electron chi connectivity index (χ2n) is 5.01. The molecule has 1 heterocycles. The van der Waals surface area contributed by atoms with Gasteiger partial charge in [-0.3, -0.25) is 0 Å². The second-order valence-corrected chi connectivity index (χ2v) is 5.93. The third kappa shape index (κ3) is 3.14. The lowest BCUT2D eigenvalue weighted by atomic mass is 9.84. The first-order valence-corrected chi connectivity index (χ1v) is 7.58. The molecule has 0 aromatic heterocycles. The zero-order valence-electron chi connectivity index (χ0n) is 11.9. The maximum Gasteiger partial charge on any atom is 0.387 e. The highest BCUT2D eigenvalue weighted by atomic mass is 79.9. The number of benzene rings is 2. The lowest BCUT2D eigenvalue weighted by Crippen LogP contribution is -2.27. The molecule has 0 unspecified atom stereocenters. The van der Waals surface area contributed by atoms with Gasteiger partial charge in [0.05, 0.1) is 0 Å². The number of nitrogens with two attached hydrogens (primary N) is 1. The van der Waals surface area contributed by atoms with E-state index in [-0.39, 0.29) is 18.4 Å². The Kier molecular flexibility index (Phi) is 4.21. The third-order valence-corrected chi connectivity index (χ3v) is 4.08. The monoisotopic (exact) mass is 382 g/mol. The molecule has 120 valence electrons. The lowest BCUT2D eigenvalue weighted by molar-refractivity contribution is -0.0498. The average molecular weight is 383 g/mol. The van der Waals surface area contributed by atoms with E-state index in [0.717, 1.165) is 15.6 Å². The fourth-order valence-corrected chi connectivity index (χ4v) is 2.95. The molecule has 0 saturated carbocycles. The summed E-state index contributed by atoms with van der Waals surface area (Å²) in [7, 11) is 0. The largest absolute Gasteiger partial charge is 0.462 e.